The molecule has 0 fully saturated rings. The lowest BCUT2D eigenvalue weighted by Crippen LogP contribution is -2.27. The average Bonchev–Trinajstić information content (AvgIpc) is 2.47. The molecule has 0 aliphatic heterocycles. The van der Waals surface area contributed by atoms with Gasteiger partial charge in [-0.3, -0.25) is 19.9 Å². The Morgan fingerprint density at radius 2 is 2.14 bits per heavy atom. The van der Waals surface area contributed by atoms with Crippen LogP contribution in [0.3, 0.4) is 0 Å². The van der Waals surface area contributed by atoms with Crippen LogP contribution in [0, 0.1) is 10.1 Å². The SMILES string of the molecule is CC(NC(=O)c1ccc([N+](=O)[O-])cc1Cl)c1ccccn1. The first kappa shape index (κ1) is 14.9. The maximum absolute atomic E-state index is 12.1. The number of nitro groups is 1. The number of hydrogen-bond acceptors (Lipinski definition) is 4. The Morgan fingerprint density at radius 1 is 1.38 bits per heavy atom. The summed E-state index contributed by atoms with van der Waals surface area (Å²) in [6.07, 6.45) is 1.64. The second-order valence-electron chi connectivity index (χ2n) is 4.37. The van der Waals surface area contributed by atoms with Crippen LogP contribution in [0.4, 0.5) is 5.69 Å². The number of non-ortho nitro benzene ring substituents is 1. The molecule has 1 aromatic carbocycles. The number of nitrogens with one attached hydrogen (secondary N) is 1. The van der Waals surface area contributed by atoms with Crippen molar-refractivity contribution >= 4 is 23.2 Å². The number of nitrogens with zero attached hydrogens (tertiary/aromatic N) is 2. The molecule has 1 N–H and O–H groups in total. The Labute approximate surface area is 125 Å². The van der Waals surface area contributed by atoms with Crippen molar-refractivity contribution in [3.63, 3.8) is 0 Å². The lowest BCUT2D eigenvalue weighted by molar-refractivity contribution is -0.384. The van der Waals surface area contributed by atoms with Crippen molar-refractivity contribution in [2.75, 3.05) is 0 Å². The number of hydrogen-bond donors (Lipinski definition) is 1. The van der Waals surface area contributed by atoms with Crippen LogP contribution in [0.2, 0.25) is 5.02 Å². The molecule has 0 radical (unpaired) electrons. The van der Waals surface area contributed by atoms with Crippen LogP contribution < -0.4 is 5.32 Å². The highest BCUT2D eigenvalue weighted by molar-refractivity contribution is 6.34. The van der Waals surface area contributed by atoms with Crippen molar-refractivity contribution in [3.05, 3.63) is 69.0 Å². The van der Waals surface area contributed by atoms with Crippen molar-refractivity contribution in [1.82, 2.24) is 10.3 Å². The summed E-state index contributed by atoms with van der Waals surface area (Å²) in [5, 5.41) is 13.4. The zero-order valence-corrected chi connectivity index (χ0v) is 11.9. The molecule has 1 aromatic heterocycles. The fourth-order valence-electron chi connectivity index (χ4n) is 1.78. The van der Waals surface area contributed by atoms with Crippen LogP contribution in [0.25, 0.3) is 0 Å². The van der Waals surface area contributed by atoms with E-state index >= 15 is 0 Å². The second-order valence-corrected chi connectivity index (χ2v) is 4.78. The largest absolute Gasteiger partial charge is 0.344 e. The van der Waals surface area contributed by atoms with E-state index in [0.29, 0.717) is 5.69 Å². The highest BCUT2D eigenvalue weighted by Crippen LogP contribution is 2.23. The van der Waals surface area contributed by atoms with E-state index in [9.17, 15) is 14.9 Å². The van der Waals surface area contributed by atoms with E-state index in [1.807, 2.05) is 6.07 Å². The fourth-order valence-corrected chi connectivity index (χ4v) is 2.04. The molecule has 108 valence electrons. The summed E-state index contributed by atoms with van der Waals surface area (Å²) < 4.78 is 0. The molecule has 2 rings (SSSR count). The predicted octanol–water partition coefficient (Wildman–Crippen LogP) is 3.13. The normalized spacial score (nSPS) is 11.7. The molecule has 7 heteroatoms. The van der Waals surface area contributed by atoms with Gasteiger partial charge in [0.2, 0.25) is 0 Å². The van der Waals surface area contributed by atoms with Crippen molar-refractivity contribution in [2.45, 2.75) is 13.0 Å². The number of rotatable bonds is 4. The Bertz CT molecular complexity index is 676. The molecular formula is C14H12ClN3O3. The van der Waals surface area contributed by atoms with Crippen molar-refractivity contribution < 1.29 is 9.72 Å². The van der Waals surface area contributed by atoms with E-state index in [2.05, 4.69) is 10.3 Å². The van der Waals surface area contributed by atoms with Gasteiger partial charge >= 0.3 is 0 Å². The Kier molecular flexibility index (Phi) is 4.49. The summed E-state index contributed by atoms with van der Waals surface area (Å²) in [5.41, 5.74) is 0.739. The molecule has 2 aromatic rings. The third-order valence-corrected chi connectivity index (χ3v) is 3.20. The second kappa shape index (κ2) is 6.32. The van der Waals surface area contributed by atoms with Gasteiger partial charge in [0.1, 0.15) is 0 Å². The summed E-state index contributed by atoms with van der Waals surface area (Å²) >= 11 is 5.92. The molecule has 1 amide bonds. The van der Waals surface area contributed by atoms with Crippen LogP contribution in [0.15, 0.2) is 42.6 Å². The minimum absolute atomic E-state index is 0.0370. The maximum atomic E-state index is 12.1. The molecule has 6 nitrogen and oxygen atoms in total. The van der Waals surface area contributed by atoms with Gasteiger partial charge < -0.3 is 5.32 Å². The third kappa shape index (κ3) is 3.55. The van der Waals surface area contributed by atoms with E-state index in [1.54, 1.807) is 25.3 Å². The van der Waals surface area contributed by atoms with Crippen LogP contribution in [0.5, 0.6) is 0 Å². The number of halogens is 1. The number of carbonyl (C=O) groups excluding carboxylic acids is 1. The number of carbonyl (C=O) groups is 1. The Morgan fingerprint density at radius 3 is 2.71 bits per heavy atom. The summed E-state index contributed by atoms with van der Waals surface area (Å²) in [5.74, 6) is -0.409. The predicted molar refractivity (Wildman–Crippen MR) is 78.2 cm³/mol. The first-order valence-electron chi connectivity index (χ1n) is 6.15. The summed E-state index contributed by atoms with van der Waals surface area (Å²) in [6.45, 7) is 1.79. The summed E-state index contributed by atoms with van der Waals surface area (Å²) in [7, 11) is 0. The van der Waals surface area contributed by atoms with Gasteiger partial charge in [-0.2, -0.15) is 0 Å². The minimum Gasteiger partial charge on any atom is -0.344 e. The molecule has 21 heavy (non-hydrogen) atoms. The van der Waals surface area contributed by atoms with Gasteiger partial charge in [0.05, 0.1) is 27.2 Å². The quantitative estimate of drug-likeness (QED) is 0.694. The van der Waals surface area contributed by atoms with Crippen LogP contribution in [-0.4, -0.2) is 15.8 Å². The number of nitro benzene ring substituents is 1. The fraction of sp³-hybridized carbons (Fsp3) is 0.143. The maximum Gasteiger partial charge on any atom is 0.270 e. The first-order valence-corrected chi connectivity index (χ1v) is 6.52. The zero-order valence-electron chi connectivity index (χ0n) is 11.1. The van der Waals surface area contributed by atoms with E-state index in [1.165, 1.54) is 12.1 Å². The van der Waals surface area contributed by atoms with E-state index < -0.39 is 10.8 Å². The highest BCUT2D eigenvalue weighted by Gasteiger charge is 2.17. The lowest BCUT2D eigenvalue weighted by Gasteiger charge is -2.13. The van der Waals surface area contributed by atoms with Gasteiger partial charge in [0.15, 0.2) is 0 Å². The number of benzene rings is 1. The molecule has 0 saturated carbocycles. The molecule has 0 spiro atoms. The number of amides is 1. The Hall–Kier alpha value is -2.47. The molecule has 0 aliphatic rings. The van der Waals surface area contributed by atoms with Crippen LogP contribution >= 0.6 is 11.6 Å². The lowest BCUT2D eigenvalue weighted by atomic mass is 10.1. The van der Waals surface area contributed by atoms with E-state index in [4.69, 9.17) is 11.6 Å². The van der Waals surface area contributed by atoms with Gasteiger partial charge in [-0.1, -0.05) is 17.7 Å². The van der Waals surface area contributed by atoms with Crippen LogP contribution in [-0.2, 0) is 0 Å². The molecule has 0 saturated heterocycles. The monoisotopic (exact) mass is 305 g/mol. The van der Waals surface area contributed by atoms with Crippen molar-refractivity contribution in [3.8, 4) is 0 Å². The standard InChI is InChI=1S/C14H12ClN3O3/c1-9(13-4-2-3-7-16-13)17-14(19)11-6-5-10(18(20)21)8-12(11)15/h2-9H,1H3,(H,17,19). The molecule has 1 unspecified atom stereocenters. The Balaban J connectivity index is 2.15. The summed E-state index contributed by atoms with van der Waals surface area (Å²) in [6, 6.07) is 8.83. The van der Waals surface area contributed by atoms with E-state index in [0.717, 1.165) is 6.07 Å². The molecule has 1 atom stereocenters. The molecule has 1 heterocycles. The number of aromatic nitrogens is 1. The van der Waals surface area contributed by atoms with Crippen LogP contribution in [0.1, 0.15) is 29.0 Å². The van der Waals surface area contributed by atoms with E-state index in [-0.39, 0.29) is 22.3 Å². The molecule has 0 aliphatic carbocycles. The van der Waals surface area contributed by atoms with Gasteiger partial charge in [-0.05, 0) is 25.1 Å². The minimum atomic E-state index is -0.565. The van der Waals surface area contributed by atoms with Gasteiger partial charge in [0.25, 0.3) is 11.6 Å². The highest BCUT2D eigenvalue weighted by atomic mass is 35.5. The first-order chi connectivity index (χ1) is 9.99. The third-order valence-electron chi connectivity index (χ3n) is 2.89. The smallest absolute Gasteiger partial charge is 0.270 e. The van der Waals surface area contributed by atoms with Crippen molar-refractivity contribution in [1.29, 1.82) is 0 Å². The van der Waals surface area contributed by atoms with Crippen molar-refractivity contribution in [2.24, 2.45) is 0 Å². The number of pyridine rings is 1. The molecular weight excluding hydrogens is 294 g/mol. The van der Waals surface area contributed by atoms with Gasteiger partial charge in [0, 0.05) is 18.3 Å². The average molecular weight is 306 g/mol. The zero-order chi connectivity index (χ0) is 15.4. The van der Waals surface area contributed by atoms with Gasteiger partial charge in [-0.25, -0.2) is 0 Å². The summed E-state index contributed by atoms with van der Waals surface area (Å²) in [4.78, 5) is 26.4. The van der Waals surface area contributed by atoms with Gasteiger partial charge in [-0.15, -0.1) is 0 Å². The molecule has 0 bridgehead atoms. The topological polar surface area (TPSA) is 85.1 Å².